The molecular formula is C16H13N3O4. The molecule has 2 unspecified atom stereocenters. The SMILES string of the molecule is N#CC1C(=N)OC2=C(C(=O)CCC2)C1c1ccc([N+](=O)[O-])cc1. The lowest BCUT2D eigenvalue weighted by Crippen LogP contribution is -2.34. The second-order valence-corrected chi connectivity index (χ2v) is 5.51. The van der Waals surface area contributed by atoms with Crippen LogP contribution in [0.25, 0.3) is 0 Å². The van der Waals surface area contributed by atoms with Crippen LogP contribution in [-0.4, -0.2) is 16.6 Å². The second-order valence-electron chi connectivity index (χ2n) is 5.51. The summed E-state index contributed by atoms with van der Waals surface area (Å²) in [4.78, 5) is 22.6. The minimum atomic E-state index is -0.905. The predicted octanol–water partition coefficient (Wildman–Crippen LogP) is 2.83. The molecule has 3 rings (SSSR count). The fraction of sp³-hybridized carbons (Fsp3) is 0.312. The Hall–Kier alpha value is -3.01. The number of carbonyl (C=O) groups is 1. The Balaban J connectivity index is 2.11. The summed E-state index contributed by atoms with van der Waals surface area (Å²) < 4.78 is 5.39. The second kappa shape index (κ2) is 5.65. The number of hydrogen-bond donors (Lipinski definition) is 1. The van der Waals surface area contributed by atoms with Gasteiger partial charge in [-0.3, -0.25) is 20.3 Å². The van der Waals surface area contributed by atoms with Gasteiger partial charge >= 0.3 is 0 Å². The van der Waals surface area contributed by atoms with Gasteiger partial charge in [-0.1, -0.05) is 12.1 Å². The first-order valence-electron chi connectivity index (χ1n) is 7.19. The van der Waals surface area contributed by atoms with Gasteiger partial charge < -0.3 is 4.74 Å². The van der Waals surface area contributed by atoms with Crippen LogP contribution in [0.1, 0.15) is 30.7 Å². The molecule has 1 N–H and O–H groups in total. The molecule has 0 aromatic heterocycles. The quantitative estimate of drug-likeness (QED) is 0.665. The minimum absolute atomic E-state index is 0.0615. The maximum atomic E-state index is 12.3. The van der Waals surface area contributed by atoms with E-state index in [0.29, 0.717) is 36.2 Å². The smallest absolute Gasteiger partial charge is 0.269 e. The molecule has 7 nitrogen and oxygen atoms in total. The van der Waals surface area contributed by atoms with Crippen molar-refractivity contribution in [2.45, 2.75) is 25.2 Å². The molecule has 1 heterocycles. The van der Waals surface area contributed by atoms with Crippen molar-refractivity contribution in [1.29, 1.82) is 10.7 Å². The molecule has 1 aromatic rings. The highest BCUT2D eigenvalue weighted by molar-refractivity contribution is 6.01. The summed E-state index contributed by atoms with van der Waals surface area (Å²) in [6, 6.07) is 7.79. The molecule has 2 aliphatic rings. The summed E-state index contributed by atoms with van der Waals surface area (Å²) >= 11 is 0. The zero-order valence-corrected chi connectivity index (χ0v) is 12.1. The van der Waals surface area contributed by atoms with E-state index in [9.17, 15) is 20.2 Å². The largest absolute Gasteiger partial charge is 0.446 e. The number of rotatable bonds is 2. The molecule has 0 amide bonds. The Morgan fingerprint density at radius 1 is 1.30 bits per heavy atom. The average molecular weight is 311 g/mol. The highest BCUT2D eigenvalue weighted by atomic mass is 16.6. The van der Waals surface area contributed by atoms with Gasteiger partial charge in [-0.25, -0.2) is 0 Å². The number of nitrogens with zero attached hydrogens (tertiary/aromatic N) is 2. The molecule has 0 radical (unpaired) electrons. The van der Waals surface area contributed by atoms with Crippen molar-refractivity contribution in [2.75, 3.05) is 0 Å². The number of benzene rings is 1. The number of hydrogen-bond acceptors (Lipinski definition) is 6. The van der Waals surface area contributed by atoms with Gasteiger partial charge in [0, 0.05) is 36.5 Å². The Morgan fingerprint density at radius 3 is 2.61 bits per heavy atom. The topological polar surface area (TPSA) is 117 Å². The fourth-order valence-electron chi connectivity index (χ4n) is 3.10. The number of nitro groups is 1. The fourth-order valence-corrected chi connectivity index (χ4v) is 3.10. The lowest BCUT2D eigenvalue weighted by molar-refractivity contribution is -0.384. The third-order valence-electron chi connectivity index (χ3n) is 4.17. The molecule has 0 spiro atoms. The van der Waals surface area contributed by atoms with E-state index in [1.54, 1.807) is 0 Å². The number of ether oxygens (including phenoxy) is 1. The summed E-state index contributed by atoms with van der Waals surface area (Å²) in [5.41, 5.74) is 0.985. The normalized spacial score (nSPS) is 23.8. The zero-order chi connectivity index (χ0) is 16.6. The molecule has 116 valence electrons. The van der Waals surface area contributed by atoms with E-state index < -0.39 is 16.8 Å². The number of nitro benzene ring substituents is 1. The summed E-state index contributed by atoms with van der Waals surface area (Å²) in [6.45, 7) is 0. The summed E-state index contributed by atoms with van der Waals surface area (Å²) in [7, 11) is 0. The van der Waals surface area contributed by atoms with Crippen molar-refractivity contribution >= 4 is 17.4 Å². The molecule has 7 heteroatoms. The van der Waals surface area contributed by atoms with Gasteiger partial charge in [0.2, 0.25) is 5.90 Å². The Bertz CT molecular complexity index is 774. The predicted molar refractivity (Wildman–Crippen MR) is 79.6 cm³/mol. The molecule has 0 saturated heterocycles. The lowest BCUT2D eigenvalue weighted by Gasteiger charge is -2.34. The molecule has 0 saturated carbocycles. The van der Waals surface area contributed by atoms with Crippen LogP contribution in [0, 0.1) is 32.8 Å². The van der Waals surface area contributed by atoms with E-state index in [0.717, 1.165) is 0 Å². The molecule has 0 bridgehead atoms. The first-order chi connectivity index (χ1) is 11.0. The van der Waals surface area contributed by atoms with E-state index in [1.807, 2.05) is 6.07 Å². The third-order valence-corrected chi connectivity index (χ3v) is 4.17. The Labute approximate surface area is 131 Å². The number of nitriles is 1. The summed E-state index contributed by atoms with van der Waals surface area (Å²) in [6.07, 6.45) is 1.61. The van der Waals surface area contributed by atoms with Crippen LogP contribution in [0.4, 0.5) is 5.69 Å². The van der Waals surface area contributed by atoms with Gasteiger partial charge in [-0.2, -0.15) is 5.26 Å². The first kappa shape index (κ1) is 14.9. The van der Waals surface area contributed by atoms with Crippen molar-refractivity contribution in [3.8, 4) is 6.07 Å². The number of nitrogens with one attached hydrogen (secondary N) is 1. The first-order valence-corrected chi connectivity index (χ1v) is 7.19. The van der Waals surface area contributed by atoms with Crippen LogP contribution in [0.15, 0.2) is 35.6 Å². The van der Waals surface area contributed by atoms with E-state index in [-0.39, 0.29) is 17.4 Å². The number of Topliss-reactive ketones (excluding diaryl/α,β-unsaturated/α-hetero) is 1. The van der Waals surface area contributed by atoms with E-state index in [2.05, 4.69) is 0 Å². The van der Waals surface area contributed by atoms with E-state index in [4.69, 9.17) is 10.1 Å². The zero-order valence-electron chi connectivity index (χ0n) is 12.1. The van der Waals surface area contributed by atoms with Gasteiger partial charge in [0.05, 0.1) is 11.0 Å². The summed E-state index contributed by atoms with van der Waals surface area (Å²) in [5, 5.41) is 28.1. The number of ketones is 1. The molecule has 2 atom stereocenters. The van der Waals surface area contributed by atoms with Gasteiger partial charge in [0.25, 0.3) is 5.69 Å². The summed E-state index contributed by atoms with van der Waals surface area (Å²) in [5.74, 6) is -1.31. The van der Waals surface area contributed by atoms with Crippen LogP contribution in [0.5, 0.6) is 0 Å². The average Bonchev–Trinajstić information content (AvgIpc) is 2.54. The molecule has 1 aliphatic heterocycles. The molecule has 0 fully saturated rings. The van der Waals surface area contributed by atoms with Crippen molar-refractivity contribution in [3.05, 3.63) is 51.3 Å². The highest BCUT2D eigenvalue weighted by Crippen LogP contribution is 2.43. The van der Waals surface area contributed by atoms with Gasteiger partial charge in [-0.15, -0.1) is 0 Å². The van der Waals surface area contributed by atoms with Crippen LogP contribution < -0.4 is 0 Å². The standard InChI is InChI=1S/C16H13N3O4/c17-8-11-14(9-4-6-10(7-5-9)19(21)22)15-12(20)2-1-3-13(15)23-16(11)18/h4-7,11,14,18H,1-3H2. The Kier molecular flexibility index (Phi) is 3.66. The molecule has 1 aromatic carbocycles. The van der Waals surface area contributed by atoms with E-state index >= 15 is 0 Å². The minimum Gasteiger partial charge on any atom is -0.446 e. The van der Waals surface area contributed by atoms with Gasteiger partial charge in [0.15, 0.2) is 5.78 Å². The van der Waals surface area contributed by atoms with Crippen molar-refractivity contribution < 1.29 is 14.5 Å². The lowest BCUT2D eigenvalue weighted by atomic mass is 9.74. The van der Waals surface area contributed by atoms with Crippen molar-refractivity contribution in [3.63, 3.8) is 0 Å². The molecule has 23 heavy (non-hydrogen) atoms. The van der Waals surface area contributed by atoms with Crippen LogP contribution in [0.3, 0.4) is 0 Å². The Morgan fingerprint density at radius 2 is 2.00 bits per heavy atom. The number of non-ortho nitro benzene ring substituents is 1. The van der Waals surface area contributed by atoms with Crippen molar-refractivity contribution in [1.82, 2.24) is 0 Å². The number of allylic oxidation sites excluding steroid dienone is 2. The van der Waals surface area contributed by atoms with Crippen LogP contribution in [0.2, 0.25) is 0 Å². The maximum absolute atomic E-state index is 12.3. The van der Waals surface area contributed by atoms with Crippen LogP contribution >= 0.6 is 0 Å². The maximum Gasteiger partial charge on any atom is 0.269 e. The van der Waals surface area contributed by atoms with Crippen molar-refractivity contribution in [2.24, 2.45) is 5.92 Å². The monoisotopic (exact) mass is 311 g/mol. The third kappa shape index (κ3) is 2.48. The van der Waals surface area contributed by atoms with Gasteiger partial charge in [-0.05, 0) is 12.0 Å². The molecule has 1 aliphatic carbocycles. The van der Waals surface area contributed by atoms with Gasteiger partial charge in [0.1, 0.15) is 11.7 Å². The molecular weight excluding hydrogens is 298 g/mol. The van der Waals surface area contributed by atoms with Crippen LogP contribution in [-0.2, 0) is 9.53 Å². The highest BCUT2D eigenvalue weighted by Gasteiger charge is 2.42. The number of carbonyl (C=O) groups excluding carboxylic acids is 1. The van der Waals surface area contributed by atoms with E-state index in [1.165, 1.54) is 24.3 Å².